The van der Waals surface area contributed by atoms with E-state index in [1.165, 1.54) is 12.8 Å². The molecule has 2 aliphatic heterocycles. The molecule has 2 atom stereocenters. The lowest BCUT2D eigenvalue weighted by Gasteiger charge is -2.12. The van der Waals surface area contributed by atoms with E-state index in [9.17, 15) is 4.79 Å². The number of hydrogen-bond acceptors (Lipinski definition) is 2. The summed E-state index contributed by atoms with van der Waals surface area (Å²) in [5, 5.41) is 3.53. The topological polar surface area (TPSA) is 29.1 Å². The smallest absolute Gasteiger partial charge is 0.159 e. The molecule has 0 aromatic rings. The first-order chi connectivity index (χ1) is 6.31. The zero-order valence-electron chi connectivity index (χ0n) is 8.18. The molecule has 1 fully saturated rings. The van der Waals surface area contributed by atoms with Gasteiger partial charge in [0.15, 0.2) is 5.78 Å². The maximum absolute atomic E-state index is 11.6. The third-order valence-corrected chi connectivity index (χ3v) is 3.14. The number of allylic oxidation sites excluding steroid dienone is 1. The largest absolute Gasteiger partial charge is 0.307 e. The lowest BCUT2D eigenvalue weighted by Crippen LogP contribution is -2.31. The van der Waals surface area contributed by atoms with Crippen molar-refractivity contribution in [1.29, 1.82) is 0 Å². The summed E-state index contributed by atoms with van der Waals surface area (Å²) < 4.78 is 0. The first-order valence-electron chi connectivity index (χ1n) is 5.30. The molecule has 2 heteroatoms. The van der Waals surface area contributed by atoms with E-state index in [1.54, 1.807) is 0 Å². The number of carbonyl (C=O) groups excluding carboxylic acids is 1. The molecular formula is C11H17NO. The van der Waals surface area contributed by atoms with Gasteiger partial charge >= 0.3 is 0 Å². The minimum atomic E-state index is 0.333. The number of Topliss-reactive ketones (excluding diaryl/α,β-unsaturated/α-hetero) is 1. The van der Waals surface area contributed by atoms with Gasteiger partial charge in [-0.2, -0.15) is 0 Å². The van der Waals surface area contributed by atoms with Crippen molar-refractivity contribution >= 4 is 5.78 Å². The molecule has 72 valence electrons. The highest BCUT2D eigenvalue weighted by Crippen LogP contribution is 2.26. The van der Waals surface area contributed by atoms with Gasteiger partial charge in [-0.3, -0.25) is 4.79 Å². The molecule has 0 spiro atoms. The minimum absolute atomic E-state index is 0.333. The van der Waals surface area contributed by atoms with Gasteiger partial charge in [0, 0.05) is 24.1 Å². The van der Waals surface area contributed by atoms with Crippen molar-refractivity contribution in [1.82, 2.24) is 5.32 Å². The highest BCUT2D eigenvalue weighted by Gasteiger charge is 2.30. The van der Waals surface area contributed by atoms with Crippen molar-refractivity contribution in [2.45, 2.75) is 51.1 Å². The molecule has 2 heterocycles. The Bertz CT molecular complexity index is 244. The van der Waals surface area contributed by atoms with E-state index in [0.29, 0.717) is 24.3 Å². The lowest BCUT2D eigenvalue weighted by molar-refractivity contribution is -0.115. The fourth-order valence-electron chi connectivity index (χ4n) is 2.39. The second-order valence-electron chi connectivity index (χ2n) is 4.01. The van der Waals surface area contributed by atoms with E-state index < -0.39 is 0 Å². The fourth-order valence-corrected chi connectivity index (χ4v) is 2.39. The van der Waals surface area contributed by atoms with E-state index in [0.717, 1.165) is 18.4 Å². The Morgan fingerprint density at radius 3 is 3.15 bits per heavy atom. The number of fused-ring (bicyclic) bond motifs is 2. The Kier molecular flexibility index (Phi) is 2.49. The maximum Gasteiger partial charge on any atom is 0.159 e. The quantitative estimate of drug-likeness (QED) is 0.700. The van der Waals surface area contributed by atoms with Crippen LogP contribution in [0, 0.1) is 0 Å². The van der Waals surface area contributed by atoms with Crippen LogP contribution in [0.3, 0.4) is 0 Å². The first-order valence-corrected chi connectivity index (χ1v) is 5.30. The molecule has 0 radical (unpaired) electrons. The monoisotopic (exact) mass is 179 g/mol. The molecule has 1 saturated heterocycles. The van der Waals surface area contributed by atoms with Crippen LogP contribution in [0.2, 0.25) is 0 Å². The number of carbonyl (C=O) groups is 1. The molecule has 0 saturated carbocycles. The lowest BCUT2D eigenvalue weighted by atomic mass is 9.96. The normalized spacial score (nSPS) is 32.5. The van der Waals surface area contributed by atoms with Gasteiger partial charge in [0.2, 0.25) is 0 Å². The highest BCUT2D eigenvalue weighted by molar-refractivity contribution is 5.96. The van der Waals surface area contributed by atoms with Gasteiger partial charge in [-0.05, 0) is 25.7 Å². The Balaban J connectivity index is 2.16. The summed E-state index contributed by atoms with van der Waals surface area (Å²) in [6, 6.07) is 1.04. The van der Waals surface area contributed by atoms with Crippen LogP contribution in [0.25, 0.3) is 0 Å². The number of hydrogen-bond donors (Lipinski definition) is 1. The van der Waals surface area contributed by atoms with Crippen LogP contribution in [0.1, 0.15) is 39.0 Å². The molecule has 0 aromatic heterocycles. The van der Waals surface area contributed by atoms with Gasteiger partial charge in [-0.25, -0.2) is 0 Å². The van der Waals surface area contributed by atoms with Crippen LogP contribution in [0.15, 0.2) is 11.6 Å². The van der Waals surface area contributed by atoms with Crippen LogP contribution in [-0.4, -0.2) is 17.9 Å². The molecule has 0 aliphatic carbocycles. The van der Waals surface area contributed by atoms with Gasteiger partial charge in [0.05, 0.1) is 0 Å². The molecule has 0 aromatic carbocycles. The average molecular weight is 179 g/mol. The van der Waals surface area contributed by atoms with Crippen molar-refractivity contribution in [2.75, 3.05) is 0 Å². The summed E-state index contributed by atoms with van der Waals surface area (Å²) in [4.78, 5) is 11.6. The predicted octanol–water partition coefficient (Wildman–Crippen LogP) is 1.81. The van der Waals surface area contributed by atoms with E-state index in [4.69, 9.17) is 0 Å². The summed E-state index contributed by atoms with van der Waals surface area (Å²) in [7, 11) is 0. The number of ketones is 1. The molecule has 1 N–H and O–H groups in total. The molecule has 0 unspecified atom stereocenters. The van der Waals surface area contributed by atoms with Gasteiger partial charge < -0.3 is 5.32 Å². The summed E-state index contributed by atoms with van der Waals surface area (Å²) >= 11 is 0. The van der Waals surface area contributed by atoms with Gasteiger partial charge in [0.25, 0.3) is 0 Å². The van der Waals surface area contributed by atoms with Gasteiger partial charge in [-0.15, -0.1) is 0 Å². The average Bonchev–Trinajstić information content (AvgIpc) is 2.46. The second kappa shape index (κ2) is 3.62. The molecule has 2 rings (SSSR count). The fraction of sp³-hybridized carbons (Fsp3) is 0.727. The van der Waals surface area contributed by atoms with Gasteiger partial charge in [-0.1, -0.05) is 13.0 Å². The number of rotatable bonds is 2. The Labute approximate surface area is 79.4 Å². The highest BCUT2D eigenvalue weighted by atomic mass is 16.1. The van der Waals surface area contributed by atoms with E-state index >= 15 is 0 Å². The van der Waals surface area contributed by atoms with Gasteiger partial charge in [0.1, 0.15) is 0 Å². The molecule has 2 nitrogen and oxygen atoms in total. The Morgan fingerprint density at radius 1 is 1.54 bits per heavy atom. The predicted molar refractivity (Wildman–Crippen MR) is 52.6 cm³/mol. The molecular weight excluding hydrogens is 162 g/mol. The summed E-state index contributed by atoms with van der Waals surface area (Å²) in [6.45, 7) is 1.94. The third-order valence-electron chi connectivity index (χ3n) is 3.14. The van der Waals surface area contributed by atoms with Crippen LogP contribution >= 0.6 is 0 Å². The summed E-state index contributed by atoms with van der Waals surface area (Å²) in [6.07, 6.45) is 7.49. The van der Waals surface area contributed by atoms with E-state index in [2.05, 4.69) is 11.4 Å². The third kappa shape index (κ3) is 1.68. The summed E-state index contributed by atoms with van der Waals surface area (Å²) in [5.74, 6) is 0.333. The minimum Gasteiger partial charge on any atom is -0.307 e. The standard InChI is InChI=1S/C11H17NO/c1-2-11(13)9-5-3-4-8-6-7-10(9)12-8/h5,8,10,12H,2-4,6-7H2,1H3/t8-,10-/m0/s1. The zero-order chi connectivity index (χ0) is 9.26. The Morgan fingerprint density at radius 2 is 2.38 bits per heavy atom. The summed E-state index contributed by atoms with van der Waals surface area (Å²) in [5.41, 5.74) is 1.06. The maximum atomic E-state index is 11.6. The van der Waals surface area contributed by atoms with Crippen molar-refractivity contribution in [3.05, 3.63) is 11.6 Å². The molecule has 2 aliphatic rings. The molecule has 13 heavy (non-hydrogen) atoms. The SMILES string of the molecule is CCC(=O)C1=CCC[C@H]2CC[C@@H]1N2. The van der Waals surface area contributed by atoms with E-state index in [1.807, 2.05) is 6.92 Å². The van der Waals surface area contributed by atoms with E-state index in [-0.39, 0.29) is 0 Å². The van der Waals surface area contributed by atoms with Crippen molar-refractivity contribution < 1.29 is 4.79 Å². The number of nitrogens with one attached hydrogen (secondary N) is 1. The van der Waals surface area contributed by atoms with Crippen LogP contribution < -0.4 is 5.32 Å². The van der Waals surface area contributed by atoms with Crippen molar-refractivity contribution in [2.24, 2.45) is 0 Å². The van der Waals surface area contributed by atoms with Crippen LogP contribution in [0.5, 0.6) is 0 Å². The van der Waals surface area contributed by atoms with Crippen LogP contribution in [0.4, 0.5) is 0 Å². The first kappa shape index (κ1) is 8.95. The Hall–Kier alpha value is -0.630. The van der Waals surface area contributed by atoms with Crippen molar-refractivity contribution in [3.63, 3.8) is 0 Å². The van der Waals surface area contributed by atoms with Crippen molar-refractivity contribution in [3.8, 4) is 0 Å². The molecule has 0 amide bonds. The molecule has 2 bridgehead atoms. The van der Waals surface area contributed by atoms with Crippen LogP contribution in [-0.2, 0) is 4.79 Å². The second-order valence-corrected chi connectivity index (χ2v) is 4.01. The zero-order valence-corrected chi connectivity index (χ0v) is 8.18.